The van der Waals surface area contributed by atoms with Crippen molar-refractivity contribution in [2.75, 3.05) is 19.8 Å². The minimum Gasteiger partial charge on any atom is -0.380 e. The van der Waals surface area contributed by atoms with Crippen LogP contribution in [0.4, 0.5) is 4.39 Å². The number of nitrogens with two attached hydrogens (primary N) is 1. The normalized spacial score (nSPS) is 15.5. The summed E-state index contributed by atoms with van der Waals surface area (Å²) < 4.78 is 45.2. The van der Waals surface area contributed by atoms with Crippen molar-refractivity contribution in [1.29, 1.82) is 0 Å². The molecule has 0 amide bonds. The highest BCUT2D eigenvalue weighted by Crippen LogP contribution is 2.28. The summed E-state index contributed by atoms with van der Waals surface area (Å²) in [5.74, 6) is -0.160. The molecule has 1 aliphatic carbocycles. The monoisotopic (exact) mass is 302 g/mol. The maximum Gasteiger partial charge on any atom is 0.243 e. The van der Waals surface area contributed by atoms with Gasteiger partial charge < -0.3 is 10.5 Å². The number of sulfonamides is 1. The lowest BCUT2D eigenvalue weighted by Gasteiger charge is -2.09. The van der Waals surface area contributed by atoms with Crippen LogP contribution in [0, 0.1) is 11.7 Å². The average Bonchev–Trinajstić information content (AvgIpc) is 3.21. The quantitative estimate of drug-likeness (QED) is 0.702. The molecule has 0 saturated heterocycles. The zero-order valence-electron chi connectivity index (χ0n) is 11.1. The SMILES string of the molecule is NCc1ccc(S(=O)(=O)NCCOCC2CC2)c(F)c1. The summed E-state index contributed by atoms with van der Waals surface area (Å²) >= 11 is 0. The Balaban J connectivity index is 1.88. The van der Waals surface area contributed by atoms with Gasteiger partial charge in [-0.05, 0) is 36.5 Å². The second-order valence-corrected chi connectivity index (χ2v) is 6.62. The number of rotatable bonds is 8. The van der Waals surface area contributed by atoms with E-state index in [0.717, 1.165) is 6.07 Å². The van der Waals surface area contributed by atoms with Gasteiger partial charge in [0.15, 0.2) is 0 Å². The van der Waals surface area contributed by atoms with E-state index in [1.165, 1.54) is 25.0 Å². The van der Waals surface area contributed by atoms with Gasteiger partial charge >= 0.3 is 0 Å². The van der Waals surface area contributed by atoms with Crippen molar-refractivity contribution < 1.29 is 17.5 Å². The fourth-order valence-corrected chi connectivity index (χ4v) is 2.82. The Kier molecular flexibility index (Phi) is 5.09. The van der Waals surface area contributed by atoms with Crippen LogP contribution in [0.3, 0.4) is 0 Å². The van der Waals surface area contributed by atoms with E-state index in [1.54, 1.807) is 0 Å². The van der Waals surface area contributed by atoms with Gasteiger partial charge in [0.25, 0.3) is 0 Å². The molecule has 20 heavy (non-hydrogen) atoms. The van der Waals surface area contributed by atoms with Crippen LogP contribution in [0.5, 0.6) is 0 Å². The van der Waals surface area contributed by atoms with Gasteiger partial charge in [0.05, 0.1) is 6.61 Å². The van der Waals surface area contributed by atoms with E-state index in [4.69, 9.17) is 10.5 Å². The summed E-state index contributed by atoms with van der Waals surface area (Å²) in [5.41, 5.74) is 5.92. The van der Waals surface area contributed by atoms with Crippen molar-refractivity contribution in [2.45, 2.75) is 24.3 Å². The van der Waals surface area contributed by atoms with Crippen molar-refractivity contribution in [3.05, 3.63) is 29.6 Å². The summed E-state index contributed by atoms with van der Waals surface area (Å²) in [4.78, 5) is -0.364. The molecule has 1 saturated carbocycles. The molecular formula is C13H19FN2O3S. The number of benzene rings is 1. The molecule has 0 heterocycles. The molecule has 0 atom stereocenters. The second kappa shape index (κ2) is 6.62. The van der Waals surface area contributed by atoms with Gasteiger partial charge in [-0.25, -0.2) is 17.5 Å². The molecule has 5 nitrogen and oxygen atoms in total. The average molecular weight is 302 g/mol. The molecule has 1 fully saturated rings. The summed E-state index contributed by atoms with van der Waals surface area (Å²) in [6, 6.07) is 3.87. The Hall–Kier alpha value is -1.02. The van der Waals surface area contributed by atoms with Crippen LogP contribution in [0.15, 0.2) is 23.1 Å². The van der Waals surface area contributed by atoms with E-state index < -0.39 is 15.8 Å². The van der Waals surface area contributed by atoms with Crippen LogP contribution in [0.2, 0.25) is 0 Å². The third-order valence-corrected chi connectivity index (χ3v) is 4.60. The zero-order valence-corrected chi connectivity index (χ0v) is 12.0. The van der Waals surface area contributed by atoms with Gasteiger partial charge in [-0.2, -0.15) is 0 Å². The standard InChI is InChI=1S/C13H19FN2O3S/c14-12-7-11(8-15)3-4-13(12)20(17,18)16-5-6-19-9-10-1-2-10/h3-4,7,10,16H,1-2,5-6,8-9,15H2. The molecule has 2 rings (SSSR count). The summed E-state index contributed by atoms with van der Waals surface area (Å²) in [6.07, 6.45) is 2.37. The predicted octanol–water partition coefficient (Wildman–Crippen LogP) is 0.989. The van der Waals surface area contributed by atoms with Crippen LogP contribution in [0.1, 0.15) is 18.4 Å². The fraction of sp³-hybridized carbons (Fsp3) is 0.538. The number of hydrogen-bond acceptors (Lipinski definition) is 4. The van der Waals surface area contributed by atoms with Crippen LogP contribution < -0.4 is 10.5 Å². The van der Waals surface area contributed by atoms with Crippen molar-refractivity contribution in [3.63, 3.8) is 0 Å². The highest BCUT2D eigenvalue weighted by Gasteiger charge is 2.21. The topological polar surface area (TPSA) is 81.4 Å². The van der Waals surface area contributed by atoms with E-state index in [1.807, 2.05) is 0 Å². The molecule has 3 N–H and O–H groups in total. The summed E-state index contributed by atoms with van der Waals surface area (Å²) in [7, 11) is -3.85. The molecule has 112 valence electrons. The van der Waals surface area contributed by atoms with E-state index in [0.29, 0.717) is 18.1 Å². The first-order valence-corrected chi connectivity index (χ1v) is 8.07. The summed E-state index contributed by atoms with van der Waals surface area (Å²) in [5, 5.41) is 0. The summed E-state index contributed by atoms with van der Waals surface area (Å²) in [6.45, 7) is 1.26. The maximum absolute atomic E-state index is 13.7. The number of halogens is 1. The van der Waals surface area contributed by atoms with Crippen molar-refractivity contribution in [1.82, 2.24) is 4.72 Å². The zero-order chi connectivity index (χ0) is 14.6. The van der Waals surface area contributed by atoms with Crippen LogP contribution >= 0.6 is 0 Å². The molecule has 1 aliphatic rings. The van der Waals surface area contributed by atoms with Crippen molar-refractivity contribution in [3.8, 4) is 0 Å². The molecule has 0 aromatic heterocycles. The van der Waals surface area contributed by atoms with Crippen molar-refractivity contribution in [2.24, 2.45) is 11.7 Å². The molecule has 1 aromatic rings. The first kappa shape index (κ1) is 15.4. The highest BCUT2D eigenvalue weighted by molar-refractivity contribution is 7.89. The lowest BCUT2D eigenvalue weighted by Crippen LogP contribution is -2.28. The van der Waals surface area contributed by atoms with Gasteiger partial charge in [-0.3, -0.25) is 0 Å². The Morgan fingerprint density at radius 1 is 1.40 bits per heavy atom. The van der Waals surface area contributed by atoms with E-state index in [-0.39, 0.29) is 24.6 Å². The first-order valence-electron chi connectivity index (χ1n) is 6.59. The minimum absolute atomic E-state index is 0.132. The number of hydrogen-bond donors (Lipinski definition) is 2. The lowest BCUT2D eigenvalue weighted by atomic mass is 10.2. The molecule has 0 bridgehead atoms. The maximum atomic E-state index is 13.7. The fourth-order valence-electron chi connectivity index (χ4n) is 1.75. The smallest absolute Gasteiger partial charge is 0.243 e. The van der Waals surface area contributed by atoms with E-state index in [2.05, 4.69) is 4.72 Å². The van der Waals surface area contributed by atoms with E-state index >= 15 is 0 Å². The third kappa shape index (κ3) is 4.24. The second-order valence-electron chi connectivity index (χ2n) is 4.88. The number of ether oxygens (including phenoxy) is 1. The van der Waals surface area contributed by atoms with E-state index in [9.17, 15) is 12.8 Å². The molecule has 0 radical (unpaired) electrons. The van der Waals surface area contributed by atoms with Gasteiger partial charge in [-0.1, -0.05) is 6.07 Å². The van der Waals surface area contributed by atoms with Gasteiger partial charge in [-0.15, -0.1) is 0 Å². The minimum atomic E-state index is -3.85. The molecule has 0 unspecified atom stereocenters. The molecule has 7 heteroatoms. The van der Waals surface area contributed by atoms with Gasteiger partial charge in [0.2, 0.25) is 10.0 Å². The van der Waals surface area contributed by atoms with Crippen LogP contribution in [-0.2, 0) is 21.3 Å². The molecule has 0 aliphatic heterocycles. The third-order valence-electron chi connectivity index (χ3n) is 3.11. The van der Waals surface area contributed by atoms with Crippen LogP contribution in [-0.4, -0.2) is 28.2 Å². The Bertz CT molecular complexity index is 559. The highest BCUT2D eigenvalue weighted by atomic mass is 32.2. The Morgan fingerprint density at radius 3 is 2.75 bits per heavy atom. The van der Waals surface area contributed by atoms with Crippen LogP contribution in [0.25, 0.3) is 0 Å². The number of nitrogens with one attached hydrogen (secondary N) is 1. The van der Waals surface area contributed by atoms with Gasteiger partial charge in [0, 0.05) is 19.7 Å². The molecule has 1 aromatic carbocycles. The molecular weight excluding hydrogens is 283 g/mol. The predicted molar refractivity (Wildman–Crippen MR) is 73.0 cm³/mol. The Morgan fingerprint density at radius 2 is 2.15 bits per heavy atom. The molecule has 0 spiro atoms. The van der Waals surface area contributed by atoms with Crippen molar-refractivity contribution >= 4 is 10.0 Å². The van der Waals surface area contributed by atoms with Gasteiger partial charge in [0.1, 0.15) is 10.7 Å². The lowest BCUT2D eigenvalue weighted by molar-refractivity contribution is 0.129. The largest absolute Gasteiger partial charge is 0.380 e. The Labute approximate surface area is 118 Å². The first-order chi connectivity index (χ1) is 9.53.